The maximum absolute atomic E-state index is 6.38. The van der Waals surface area contributed by atoms with Crippen LogP contribution in [0.25, 0.3) is 11.0 Å². The van der Waals surface area contributed by atoms with E-state index in [1.165, 1.54) is 0 Å². The molecule has 2 aromatic rings. The fourth-order valence-corrected chi connectivity index (χ4v) is 3.07. The minimum Gasteiger partial charge on any atom is -0.330 e. The number of aromatic nitrogens is 2. The van der Waals surface area contributed by atoms with E-state index in [4.69, 9.17) is 22.3 Å². The number of nitrogens with two attached hydrogens (primary N) is 1. The molecule has 4 heteroatoms. The molecule has 1 aromatic carbocycles. The minimum absolute atomic E-state index is 0.279. The highest BCUT2D eigenvalue weighted by Crippen LogP contribution is 2.32. The van der Waals surface area contributed by atoms with Crippen LogP contribution in [0.1, 0.15) is 51.9 Å². The van der Waals surface area contributed by atoms with Crippen molar-refractivity contribution in [3.05, 3.63) is 29.0 Å². The Morgan fingerprint density at radius 2 is 1.95 bits per heavy atom. The molecule has 0 aliphatic heterocycles. The first kappa shape index (κ1) is 15.3. The van der Waals surface area contributed by atoms with Crippen LogP contribution in [-0.2, 0) is 0 Å². The summed E-state index contributed by atoms with van der Waals surface area (Å²) < 4.78 is 2.25. The maximum Gasteiger partial charge on any atom is 0.114 e. The van der Waals surface area contributed by atoms with E-state index in [-0.39, 0.29) is 5.92 Å². The van der Waals surface area contributed by atoms with E-state index in [0.29, 0.717) is 18.5 Å². The van der Waals surface area contributed by atoms with Gasteiger partial charge < -0.3 is 10.3 Å². The third-order valence-corrected chi connectivity index (χ3v) is 3.92. The summed E-state index contributed by atoms with van der Waals surface area (Å²) >= 11 is 6.38. The van der Waals surface area contributed by atoms with Crippen LogP contribution in [-0.4, -0.2) is 16.1 Å². The zero-order valence-corrected chi connectivity index (χ0v) is 13.5. The van der Waals surface area contributed by atoms with Gasteiger partial charge in [0.25, 0.3) is 0 Å². The maximum atomic E-state index is 6.38. The van der Waals surface area contributed by atoms with Crippen molar-refractivity contribution >= 4 is 22.6 Å². The zero-order chi connectivity index (χ0) is 14.9. The van der Waals surface area contributed by atoms with Crippen LogP contribution in [0.15, 0.2) is 18.2 Å². The van der Waals surface area contributed by atoms with Crippen LogP contribution in [0.5, 0.6) is 0 Å². The molecule has 1 unspecified atom stereocenters. The van der Waals surface area contributed by atoms with Gasteiger partial charge in [-0.05, 0) is 38.3 Å². The Morgan fingerprint density at radius 1 is 1.25 bits per heavy atom. The highest BCUT2D eigenvalue weighted by molar-refractivity contribution is 6.35. The van der Waals surface area contributed by atoms with Crippen LogP contribution >= 0.6 is 11.6 Å². The number of fused-ring (bicyclic) bond motifs is 1. The lowest BCUT2D eigenvalue weighted by molar-refractivity contribution is 0.459. The predicted octanol–water partition coefficient (Wildman–Crippen LogP) is 4.36. The summed E-state index contributed by atoms with van der Waals surface area (Å²) in [6.07, 6.45) is 1.05. The van der Waals surface area contributed by atoms with Crippen molar-refractivity contribution in [3.8, 4) is 0 Å². The van der Waals surface area contributed by atoms with Crippen molar-refractivity contribution in [3.63, 3.8) is 0 Å². The fourth-order valence-electron chi connectivity index (χ4n) is 2.81. The van der Waals surface area contributed by atoms with E-state index in [2.05, 4.69) is 32.3 Å². The SMILES string of the molecule is CC(C)CC(CN)c1nc2cccc(Cl)c2n1C(C)C. The largest absolute Gasteiger partial charge is 0.330 e. The molecule has 2 N–H and O–H groups in total. The van der Waals surface area contributed by atoms with Gasteiger partial charge in [-0.2, -0.15) is 0 Å². The molecule has 0 spiro atoms. The van der Waals surface area contributed by atoms with Crippen LogP contribution in [0.3, 0.4) is 0 Å². The van der Waals surface area contributed by atoms with E-state index in [9.17, 15) is 0 Å². The van der Waals surface area contributed by atoms with Gasteiger partial charge in [0.1, 0.15) is 5.82 Å². The van der Waals surface area contributed by atoms with E-state index in [0.717, 1.165) is 28.3 Å². The molecule has 110 valence electrons. The molecule has 1 heterocycles. The molecule has 2 rings (SSSR count). The lowest BCUT2D eigenvalue weighted by Gasteiger charge is -2.21. The molecule has 0 bridgehead atoms. The number of benzene rings is 1. The molecule has 0 fully saturated rings. The Hall–Kier alpha value is -1.06. The van der Waals surface area contributed by atoms with E-state index in [1.807, 2.05) is 18.2 Å². The molecule has 0 aliphatic rings. The second-order valence-electron chi connectivity index (χ2n) is 6.10. The molecule has 1 atom stereocenters. The van der Waals surface area contributed by atoms with Crippen molar-refractivity contribution in [2.24, 2.45) is 11.7 Å². The molecule has 0 amide bonds. The highest BCUT2D eigenvalue weighted by atomic mass is 35.5. The van der Waals surface area contributed by atoms with Crippen molar-refractivity contribution < 1.29 is 0 Å². The van der Waals surface area contributed by atoms with Crippen molar-refractivity contribution in [1.82, 2.24) is 9.55 Å². The van der Waals surface area contributed by atoms with Gasteiger partial charge in [-0.3, -0.25) is 0 Å². The Balaban J connectivity index is 2.62. The van der Waals surface area contributed by atoms with Gasteiger partial charge in [-0.25, -0.2) is 4.98 Å². The van der Waals surface area contributed by atoms with Gasteiger partial charge in [0.05, 0.1) is 16.1 Å². The molecule has 0 saturated carbocycles. The topological polar surface area (TPSA) is 43.8 Å². The number of halogens is 1. The first-order valence-corrected chi connectivity index (χ1v) is 7.69. The summed E-state index contributed by atoms with van der Waals surface area (Å²) in [6, 6.07) is 6.21. The zero-order valence-electron chi connectivity index (χ0n) is 12.7. The van der Waals surface area contributed by atoms with Gasteiger partial charge in [-0.15, -0.1) is 0 Å². The Morgan fingerprint density at radius 3 is 2.50 bits per heavy atom. The number of para-hydroxylation sites is 1. The lowest BCUT2D eigenvalue weighted by Crippen LogP contribution is -2.20. The monoisotopic (exact) mass is 293 g/mol. The standard InChI is InChI=1S/C16H24ClN3/c1-10(2)8-12(9-18)16-19-14-7-5-6-13(17)15(14)20(16)11(3)4/h5-7,10-12H,8-9,18H2,1-4H3. The van der Waals surface area contributed by atoms with E-state index < -0.39 is 0 Å². The van der Waals surface area contributed by atoms with Gasteiger partial charge in [0.2, 0.25) is 0 Å². The summed E-state index contributed by atoms with van der Waals surface area (Å²) in [7, 11) is 0. The van der Waals surface area contributed by atoms with Crippen molar-refractivity contribution in [2.75, 3.05) is 6.54 Å². The number of nitrogens with zero attached hydrogens (tertiary/aromatic N) is 2. The molecule has 20 heavy (non-hydrogen) atoms. The molecular formula is C16H24ClN3. The number of hydrogen-bond acceptors (Lipinski definition) is 2. The molecule has 0 aliphatic carbocycles. The van der Waals surface area contributed by atoms with Crippen molar-refractivity contribution in [2.45, 2.75) is 46.1 Å². The van der Waals surface area contributed by atoms with Gasteiger partial charge in [0.15, 0.2) is 0 Å². The second-order valence-corrected chi connectivity index (χ2v) is 6.51. The molecular weight excluding hydrogens is 270 g/mol. The van der Waals surface area contributed by atoms with Crippen LogP contribution in [0.4, 0.5) is 0 Å². The van der Waals surface area contributed by atoms with Gasteiger partial charge >= 0.3 is 0 Å². The van der Waals surface area contributed by atoms with E-state index in [1.54, 1.807) is 0 Å². The number of hydrogen-bond donors (Lipinski definition) is 1. The normalized spacial score (nSPS) is 13.6. The smallest absolute Gasteiger partial charge is 0.114 e. The third kappa shape index (κ3) is 2.84. The minimum atomic E-state index is 0.279. The second kappa shape index (κ2) is 6.15. The summed E-state index contributed by atoms with van der Waals surface area (Å²) in [4.78, 5) is 4.82. The quantitative estimate of drug-likeness (QED) is 0.890. The fraction of sp³-hybridized carbons (Fsp3) is 0.562. The molecule has 0 saturated heterocycles. The first-order valence-electron chi connectivity index (χ1n) is 7.32. The van der Waals surface area contributed by atoms with Crippen LogP contribution < -0.4 is 5.73 Å². The van der Waals surface area contributed by atoms with Crippen LogP contribution in [0.2, 0.25) is 5.02 Å². The number of imidazole rings is 1. The summed E-state index contributed by atoms with van der Waals surface area (Å²) in [5, 5.41) is 0.760. The Kier molecular flexibility index (Phi) is 4.71. The average Bonchev–Trinajstić information content (AvgIpc) is 2.76. The van der Waals surface area contributed by atoms with Gasteiger partial charge in [0, 0.05) is 18.5 Å². The van der Waals surface area contributed by atoms with Crippen molar-refractivity contribution in [1.29, 1.82) is 0 Å². The van der Waals surface area contributed by atoms with Crippen LogP contribution in [0, 0.1) is 5.92 Å². The Bertz CT molecular complexity index is 587. The first-order chi connectivity index (χ1) is 9.45. The molecule has 0 radical (unpaired) electrons. The van der Waals surface area contributed by atoms with Gasteiger partial charge in [-0.1, -0.05) is 31.5 Å². The molecule has 3 nitrogen and oxygen atoms in total. The summed E-state index contributed by atoms with van der Waals surface area (Å²) in [6.45, 7) is 9.38. The average molecular weight is 294 g/mol. The predicted molar refractivity (Wildman–Crippen MR) is 86.4 cm³/mol. The third-order valence-electron chi connectivity index (χ3n) is 3.61. The summed E-state index contributed by atoms with van der Waals surface area (Å²) in [5.41, 5.74) is 7.99. The summed E-state index contributed by atoms with van der Waals surface area (Å²) in [5.74, 6) is 1.94. The Labute approximate surface area is 126 Å². The highest BCUT2D eigenvalue weighted by Gasteiger charge is 2.22. The number of rotatable bonds is 5. The lowest BCUT2D eigenvalue weighted by atomic mass is 9.96. The van der Waals surface area contributed by atoms with E-state index >= 15 is 0 Å². The molecule has 1 aromatic heterocycles.